The van der Waals surface area contributed by atoms with Gasteiger partial charge in [0.25, 0.3) is 0 Å². The summed E-state index contributed by atoms with van der Waals surface area (Å²) in [6, 6.07) is 5.98. The quantitative estimate of drug-likeness (QED) is 0.884. The maximum Gasteiger partial charge on any atom is 0.243 e. The first-order valence-corrected chi connectivity index (χ1v) is 7.59. The molecule has 2 heterocycles. The first kappa shape index (κ1) is 13.3. The first-order valence-electron chi connectivity index (χ1n) is 7.59. The number of hydrogen-bond donors (Lipinski definition) is 1. The van der Waals surface area contributed by atoms with Gasteiger partial charge in [0.05, 0.1) is 19.5 Å². The lowest BCUT2D eigenvalue weighted by Crippen LogP contribution is -2.33. The predicted molar refractivity (Wildman–Crippen MR) is 78.9 cm³/mol. The van der Waals surface area contributed by atoms with Gasteiger partial charge < -0.3 is 15.1 Å². The van der Waals surface area contributed by atoms with E-state index in [2.05, 4.69) is 5.32 Å². The summed E-state index contributed by atoms with van der Waals surface area (Å²) in [5.41, 5.74) is 2.63. The van der Waals surface area contributed by atoms with Crippen LogP contribution in [0.2, 0.25) is 0 Å². The fourth-order valence-corrected chi connectivity index (χ4v) is 3.10. The fourth-order valence-electron chi connectivity index (χ4n) is 3.10. The third-order valence-corrected chi connectivity index (χ3v) is 4.46. The average Bonchev–Trinajstić information content (AvgIpc) is 3.14. The Kier molecular flexibility index (Phi) is 2.92. The molecule has 3 amide bonds. The van der Waals surface area contributed by atoms with Crippen molar-refractivity contribution in [2.75, 3.05) is 18.5 Å². The molecule has 4 rings (SSSR count). The van der Waals surface area contributed by atoms with Gasteiger partial charge in [-0.3, -0.25) is 14.4 Å². The Balaban J connectivity index is 1.43. The van der Waals surface area contributed by atoms with Gasteiger partial charge in [0.1, 0.15) is 6.54 Å². The summed E-state index contributed by atoms with van der Waals surface area (Å²) in [6.45, 7) is 0.612. The molecule has 1 aromatic carbocycles. The van der Waals surface area contributed by atoms with E-state index in [4.69, 9.17) is 0 Å². The number of fused-ring (bicyclic) bond motifs is 1. The van der Waals surface area contributed by atoms with Crippen LogP contribution in [0.4, 0.5) is 5.69 Å². The van der Waals surface area contributed by atoms with E-state index in [9.17, 15) is 14.4 Å². The molecule has 1 aliphatic carbocycles. The van der Waals surface area contributed by atoms with Gasteiger partial charge in [-0.2, -0.15) is 0 Å². The van der Waals surface area contributed by atoms with Crippen molar-refractivity contribution in [2.45, 2.75) is 31.7 Å². The molecule has 0 atom stereocenters. The molecular weight excluding hydrogens is 282 g/mol. The Morgan fingerprint density at radius 1 is 1.27 bits per heavy atom. The van der Waals surface area contributed by atoms with Crippen LogP contribution in [0, 0.1) is 0 Å². The molecule has 3 aliphatic rings. The van der Waals surface area contributed by atoms with Crippen LogP contribution in [-0.4, -0.2) is 46.8 Å². The Hall–Kier alpha value is -2.37. The highest BCUT2D eigenvalue weighted by Crippen LogP contribution is 2.30. The lowest BCUT2D eigenvalue weighted by atomic mass is 10.1. The topological polar surface area (TPSA) is 69.7 Å². The molecule has 6 heteroatoms. The van der Waals surface area contributed by atoms with E-state index in [0.29, 0.717) is 19.1 Å². The summed E-state index contributed by atoms with van der Waals surface area (Å²) in [5, 5.41) is 2.79. The molecule has 0 aromatic heterocycles. The number of rotatable bonds is 3. The van der Waals surface area contributed by atoms with Crippen LogP contribution in [0.15, 0.2) is 18.2 Å². The van der Waals surface area contributed by atoms with Crippen molar-refractivity contribution in [3.05, 3.63) is 29.3 Å². The number of nitrogens with one attached hydrogen (secondary N) is 1. The van der Waals surface area contributed by atoms with Crippen LogP contribution in [0.3, 0.4) is 0 Å². The smallest absolute Gasteiger partial charge is 0.243 e. The average molecular weight is 299 g/mol. The normalized spacial score (nSPS) is 20.4. The van der Waals surface area contributed by atoms with Crippen molar-refractivity contribution in [1.82, 2.24) is 9.80 Å². The van der Waals surface area contributed by atoms with E-state index < -0.39 is 0 Å². The third kappa shape index (κ3) is 2.34. The number of nitrogens with zero attached hydrogens (tertiary/aromatic N) is 2. The zero-order chi connectivity index (χ0) is 15.3. The molecule has 2 fully saturated rings. The highest BCUT2D eigenvalue weighted by molar-refractivity contribution is 5.99. The molecule has 0 unspecified atom stereocenters. The summed E-state index contributed by atoms with van der Waals surface area (Å²) < 4.78 is 0. The number of anilines is 1. The molecule has 114 valence electrons. The van der Waals surface area contributed by atoms with Gasteiger partial charge in [-0.1, -0.05) is 12.1 Å². The van der Waals surface area contributed by atoms with E-state index in [1.54, 1.807) is 9.80 Å². The monoisotopic (exact) mass is 299 g/mol. The van der Waals surface area contributed by atoms with Crippen LogP contribution in [0.5, 0.6) is 0 Å². The second-order valence-corrected chi connectivity index (χ2v) is 6.22. The zero-order valence-electron chi connectivity index (χ0n) is 12.2. The van der Waals surface area contributed by atoms with Crippen LogP contribution < -0.4 is 5.32 Å². The summed E-state index contributed by atoms with van der Waals surface area (Å²) in [7, 11) is 0. The molecule has 2 aliphatic heterocycles. The van der Waals surface area contributed by atoms with Crippen LogP contribution in [0.1, 0.15) is 24.0 Å². The van der Waals surface area contributed by atoms with Crippen LogP contribution in [0.25, 0.3) is 0 Å². The molecular formula is C16H17N3O3. The van der Waals surface area contributed by atoms with Gasteiger partial charge in [-0.05, 0) is 30.0 Å². The number of hydrogen-bond acceptors (Lipinski definition) is 3. The van der Waals surface area contributed by atoms with E-state index in [0.717, 1.165) is 29.7 Å². The molecule has 0 radical (unpaired) electrons. The summed E-state index contributed by atoms with van der Waals surface area (Å²) in [5.74, 6) is 0.00142. The van der Waals surface area contributed by atoms with Crippen molar-refractivity contribution in [2.24, 2.45) is 0 Å². The Morgan fingerprint density at radius 3 is 2.86 bits per heavy atom. The van der Waals surface area contributed by atoms with E-state index in [1.807, 2.05) is 18.2 Å². The minimum absolute atomic E-state index is 0.0105. The highest BCUT2D eigenvalue weighted by Gasteiger charge is 2.39. The van der Waals surface area contributed by atoms with Crippen molar-refractivity contribution in [3.8, 4) is 0 Å². The van der Waals surface area contributed by atoms with Crippen molar-refractivity contribution in [3.63, 3.8) is 0 Å². The second kappa shape index (κ2) is 4.83. The molecule has 0 bridgehead atoms. The standard InChI is InChI=1S/C16H17N3O3/c20-14-7-11-2-1-10(5-13(11)17-14)6-15(21)18-8-16(22)19(9-18)12-3-4-12/h1-2,5,12H,3-4,6-9H2,(H,17,20). The molecule has 6 nitrogen and oxygen atoms in total. The molecule has 0 spiro atoms. The maximum absolute atomic E-state index is 12.4. The minimum atomic E-state index is -0.0410. The van der Waals surface area contributed by atoms with E-state index in [1.165, 1.54) is 0 Å². The van der Waals surface area contributed by atoms with Gasteiger partial charge >= 0.3 is 0 Å². The molecule has 1 aromatic rings. The van der Waals surface area contributed by atoms with Gasteiger partial charge in [0.15, 0.2) is 0 Å². The second-order valence-electron chi connectivity index (χ2n) is 6.22. The van der Waals surface area contributed by atoms with Gasteiger partial charge in [0.2, 0.25) is 17.7 Å². The lowest BCUT2D eigenvalue weighted by Gasteiger charge is -2.17. The maximum atomic E-state index is 12.4. The fraction of sp³-hybridized carbons (Fsp3) is 0.438. The summed E-state index contributed by atoms with van der Waals surface area (Å²) in [6.07, 6.45) is 2.77. The number of carbonyl (C=O) groups is 3. The van der Waals surface area contributed by atoms with Gasteiger partial charge in [-0.15, -0.1) is 0 Å². The largest absolute Gasteiger partial charge is 0.326 e. The van der Waals surface area contributed by atoms with Crippen LogP contribution >= 0.6 is 0 Å². The molecule has 1 saturated carbocycles. The zero-order valence-corrected chi connectivity index (χ0v) is 12.2. The Bertz CT molecular complexity index is 681. The number of amides is 3. The van der Waals surface area contributed by atoms with Crippen molar-refractivity contribution < 1.29 is 14.4 Å². The molecule has 1 N–H and O–H groups in total. The van der Waals surface area contributed by atoms with Gasteiger partial charge in [-0.25, -0.2) is 0 Å². The van der Waals surface area contributed by atoms with Crippen LogP contribution in [-0.2, 0) is 27.2 Å². The third-order valence-electron chi connectivity index (χ3n) is 4.46. The first-order chi connectivity index (χ1) is 10.6. The molecule has 1 saturated heterocycles. The lowest BCUT2D eigenvalue weighted by molar-refractivity contribution is -0.131. The summed E-state index contributed by atoms with van der Waals surface area (Å²) >= 11 is 0. The minimum Gasteiger partial charge on any atom is -0.326 e. The van der Waals surface area contributed by atoms with Gasteiger partial charge in [0, 0.05) is 11.7 Å². The van der Waals surface area contributed by atoms with E-state index >= 15 is 0 Å². The summed E-state index contributed by atoms with van der Waals surface area (Å²) in [4.78, 5) is 39.0. The number of carbonyl (C=O) groups excluding carboxylic acids is 3. The SMILES string of the molecule is O=C1Cc2ccc(CC(=O)N3CC(=O)N(C4CC4)C3)cc2N1. The van der Waals surface area contributed by atoms with Crippen molar-refractivity contribution in [1.29, 1.82) is 0 Å². The number of benzene rings is 1. The Labute approximate surface area is 128 Å². The predicted octanol–water partition coefficient (Wildman–Crippen LogP) is 0.514. The highest BCUT2D eigenvalue weighted by atomic mass is 16.2. The van der Waals surface area contributed by atoms with E-state index in [-0.39, 0.29) is 30.7 Å². The molecule has 22 heavy (non-hydrogen) atoms. The van der Waals surface area contributed by atoms with Crippen molar-refractivity contribution >= 4 is 23.4 Å². The Morgan fingerprint density at radius 2 is 2.09 bits per heavy atom.